The van der Waals surface area contributed by atoms with Crippen LogP contribution in [0.3, 0.4) is 0 Å². The lowest BCUT2D eigenvalue weighted by atomic mass is 10.0. The minimum Gasteiger partial charge on any atom is -0.479 e. The molecule has 0 bridgehead atoms. The maximum absolute atomic E-state index is 14.6. The summed E-state index contributed by atoms with van der Waals surface area (Å²) in [5, 5.41) is 3.82. The lowest BCUT2D eigenvalue weighted by Gasteiger charge is -2.23. The number of hydrogen-bond acceptors (Lipinski definition) is 3. The average molecular weight is 313 g/mol. The van der Waals surface area contributed by atoms with E-state index in [9.17, 15) is 4.39 Å². The monoisotopic (exact) mass is 313 g/mol. The van der Waals surface area contributed by atoms with Crippen molar-refractivity contribution >= 4 is 11.0 Å². The summed E-state index contributed by atoms with van der Waals surface area (Å²) in [5.74, 6) is 1.36. The van der Waals surface area contributed by atoms with Gasteiger partial charge in [0.1, 0.15) is 5.76 Å². The van der Waals surface area contributed by atoms with Gasteiger partial charge in [-0.25, -0.2) is 4.39 Å². The van der Waals surface area contributed by atoms with Crippen LogP contribution in [0.5, 0.6) is 5.75 Å². The van der Waals surface area contributed by atoms with Crippen LogP contribution in [0.2, 0.25) is 0 Å². The molecule has 3 aromatic rings. The van der Waals surface area contributed by atoms with Crippen molar-refractivity contribution < 1.29 is 13.5 Å². The van der Waals surface area contributed by atoms with Gasteiger partial charge < -0.3 is 14.5 Å². The normalized spacial score (nSPS) is 13.9. The predicted molar refractivity (Wildman–Crippen MR) is 89.6 cm³/mol. The minimum atomic E-state index is -1.17. The lowest BCUT2D eigenvalue weighted by molar-refractivity contribution is 0.101. The van der Waals surface area contributed by atoms with Crippen LogP contribution in [0, 0.1) is 6.92 Å². The van der Waals surface area contributed by atoms with E-state index in [1.54, 1.807) is 7.05 Å². The van der Waals surface area contributed by atoms with Crippen LogP contribution in [0.15, 0.2) is 59.0 Å². The summed E-state index contributed by atoms with van der Waals surface area (Å²) >= 11 is 0. The first kappa shape index (κ1) is 15.6. The molecule has 0 aliphatic carbocycles. The summed E-state index contributed by atoms with van der Waals surface area (Å²) in [4.78, 5) is 0. The third-order valence-electron chi connectivity index (χ3n) is 3.74. The lowest BCUT2D eigenvalue weighted by Crippen LogP contribution is -2.29. The van der Waals surface area contributed by atoms with Crippen molar-refractivity contribution in [3.05, 3.63) is 65.9 Å². The molecule has 0 radical (unpaired) electrons. The Morgan fingerprint density at radius 2 is 1.91 bits per heavy atom. The van der Waals surface area contributed by atoms with Crippen molar-refractivity contribution in [1.82, 2.24) is 5.32 Å². The first-order chi connectivity index (χ1) is 11.2. The maximum atomic E-state index is 14.6. The van der Waals surface area contributed by atoms with Crippen LogP contribution in [0.4, 0.5) is 4.39 Å². The zero-order valence-electron chi connectivity index (χ0n) is 13.3. The quantitative estimate of drug-likeness (QED) is 0.731. The fourth-order valence-electron chi connectivity index (χ4n) is 2.69. The van der Waals surface area contributed by atoms with Gasteiger partial charge in [-0.05, 0) is 31.7 Å². The Morgan fingerprint density at radius 3 is 2.65 bits per heavy atom. The molecule has 1 N–H and O–H groups in total. The highest BCUT2D eigenvalue weighted by molar-refractivity contribution is 5.83. The number of para-hydroxylation sites is 1. The third-order valence-corrected chi connectivity index (χ3v) is 3.74. The van der Waals surface area contributed by atoms with Crippen LogP contribution in [-0.4, -0.2) is 19.8 Å². The second-order valence-corrected chi connectivity index (χ2v) is 5.55. The largest absolute Gasteiger partial charge is 0.479 e. The molecule has 23 heavy (non-hydrogen) atoms. The van der Waals surface area contributed by atoms with E-state index in [-0.39, 0.29) is 6.54 Å². The zero-order chi connectivity index (χ0) is 16.2. The van der Waals surface area contributed by atoms with Crippen LogP contribution >= 0.6 is 0 Å². The predicted octanol–water partition coefficient (Wildman–Crippen LogP) is 4.42. The Kier molecular flexibility index (Phi) is 4.63. The standard InChI is InChI=1S/C19H20FNO2/c1-13-11-15-9-6-10-17(19(15)22-13)23-18(16(20)12-21-2)14-7-4-3-5-8-14/h3-11,16,18,21H,12H2,1-2H3. The van der Waals surface area contributed by atoms with Crippen LogP contribution in [0.25, 0.3) is 11.0 Å². The number of fused-ring (bicyclic) bond motifs is 1. The van der Waals surface area contributed by atoms with Gasteiger partial charge in [-0.1, -0.05) is 42.5 Å². The first-order valence-electron chi connectivity index (χ1n) is 7.68. The van der Waals surface area contributed by atoms with Gasteiger partial charge in [-0.2, -0.15) is 0 Å². The Labute approximate surface area is 135 Å². The van der Waals surface area contributed by atoms with E-state index in [4.69, 9.17) is 9.15 Å². The van der Waals surface area contributed by atoms with Crippen LogP contribution < -0.4 is 10.1 Å². The SMILES string of the molecule is CNCC(F)C(Oc1cccc2cc(C)oc12)c1ccccc1. The van der Waals surface area contributed by atoms with E-state index < -0.39 is 12.3 Å². The molecule has 1 aromatic heterocycles. The molecule has 2 atom stereocenters. The minimum absolute atomic E-state index is 0.215. The molecule has 4 heteroatoms. The average Bonchev–Trinajstić information content (AvgIpc) is 2.94. The molecule has 0 aliphatic rings. The summed E-state index contributed by atoms with van der Waals surface area (Å²) in [6.45, 7) is 2.10. The van der Waals surface area contributed by atoms with E-state index >= 15 is 0 Å². The number of rotatable bonds is 6. The van der Waals surface area contributed by atoms with E-state index in [1.807, 2.05) is 61.5 Å². The van der Waals surface area contributed by atoms with Gasteiger partial charge in [0.05, 0.1) is 0 Å². The first-order valence-corrected chi connectivity index (χ1v) is 7.68. The number of nitrogens with one attached hydrogen (secondary N) is 1. The smallest absolute Gasteiger partial charge is 0.176 e. The molecule has 1 heterocycles. The Balaban J connectivity index is 1.97. The molecule has 2 unspecified atom stereocenters. The number of benzene rings is 2. The summed E-state index contributed by atoms with van der Waals surface area (Å²) in [6, 6.07) is 17.0. The van der Waals surface area contributed by atoms with Crippen LogP contribution in [-0.2, 0) is 0 Å². The van der Waals surface area contributed by atoms with E-state index in [0.717, 1.165) is 16.7 Å². The van der Waals surface area contributed by atoms with E-state index in [2.05, 4.69) is 5.32 Å². The van der Waals surface area contributed by atoms with Gasteiger partial charge in [0, 0.05) is 11.9 Å². The van der Waals surface area contributed by atoms with Gasteiger partial charge in [0.15, 0.2) is 23.6 Å². The Hall–Kier alpha value is -2.33. The number of halogens is 1. The Morgan fingerprint density at radius 1 is 1.13 bits per heavy atom. The topological polar surface area (TPSA) is 34.4 Å². The van der Waals surface area contributed by atoms with Crippen molar-refractivity contribution in [2.75, 3.05) is 13.6 Å². The van der Waals surface area contributed by atoms with Crippen molar-refractivity contribution in [1.29, 1.82) is 0 Å². The zero-order valence-corrected chi connectivity index (χ0v) is 13.3. The molecule has 0 spiro atoms. The second kappa shape index (κ2) is 6.84. The number of ether oxygens (including phenoxy) is 1. The fourth-order valence-corrected chi connectivity index (χ4v) is 2.69. The maximum Gasteiger partial charge on any atom is 0.176 e. The summed E-state index contributed by atoms with van der Waals surface area (Å²) < 4.78 is 26.4. The summed E-state index contributed by atoms with van der Waals surface area (Å²) in [7, 11) is 1.73. The molecule has 0 saturated carbocycles. The van der Waals surface area contributed by atoms with Crippen molar-refractivity contribution in [3.8, 4) is 5.75 Å². The molecule has 3 nitrogen and oxygen atoms in total. The van der Waals surface area contributed by atoms with Gasteiger partial charge >= 0.3 is 0 Å². The van der Waals surface area contributed by atoms with Gasteiger partial charge in [0.25, 0.3) is 0 Å². The molecule has 120 valence electrons. The molecule has 0 saturated heterocycles. The third kappa shape index (κ3) is 3.37. The summed E-state index contributed by atoms with van der Waals surface area (Å²) in [6.07, 6.45) is -1.87. The molecule has 0 aliphatic heterocycles. The molecular weight excluding hydrogens is 293 g/mol. The van der Waals surface area contributed by atoms with Crippen molar-refractivity contribution in [3.63, 3.8) is 0 Å². The highest BCUT2D eigenvalue weighted by Crippen LogP contribution is 2.33. The van der Waals surface area contributed by atoms with E-state index in [1.165, 1.54) is 0 Å². The highest BCUT2D eigenvalue weighted by atomic mass is 19.1. The molecule has 0 amide bonds. The number of furan rings is 1. The molecule has 2 aromatic carbocycles. The molecule has 3 rings (SSSR count). The number of alkyl halides is 1. The van der Waals surface area contributed by atoms with Gasteiger partial charge in [0.2, 0.25) is 0 Å². The molecular formula is C19H20FNO2. The number of hydrogen-bond donors (Lipinski definition) is 1. The van der Waals surface area contributed by atoms with Crippen molar-refractivity contribution in [2.45, 2.75) is 19.2 Å². The Bertz CT molecular complexity index is 769. The van der Waals surface area contributed by atoms with Gasteiger partial charge in [-0.15, -0.1) is 0 Å². The second-order valence-electron chi connectivity index (χ2n) is 5.55. The fraction of sp³-hybridized carbons (Fsp3) is 0.263. The van der Waals surface area contributed by atoms with E-state index in [0.29, 0.717) is 11.3 Å². The van der Waals surface area contributed by atoms with Crippen LogP contribution in [0.1, 0.15) is 17.4 Å². The summed E-state index contributed by atoms with van der Waals surface area (Å²) in [5.41, 5.74) is 1.46. The van der Waals surface area contributed by atoms with Gasteiger partial charge in [-0.3, -0.25) is 0 Å². The van der Waals surface area contributed by atoms with Crippen molar-refractivity contribution in [2.24, 2.45) is 0 Å². The molecule has 0 fully saturated rings. The highest BCUT2D eigenvalue weighted by Gasteiger charge is 2.25. The number of aryl methyl sites for hydroxylation is 1.